The molecule has 2 aromatic carbocycles. The highest BCUT2D eigenvalue weighted by molar-refractivity contribution is 5.94. The van der Waals surface area contributed by atoms with Gasteiger partial charge in [-0.3, -0.25) is 9.59 Å². The lowest BCUT2D eigenvalue weighted by molar-refractivity contribution is -0.119. The van der Waals surface area contributed by atoms with Crippen molar-refractivity contribution in [3.8, 4) is 11.3 Å². The van der Waals surface area contributed by atoms with Crippen molar-refractivity contribution in [2.45, 2.75) is 33.7 Å². The van der Waals surface area contributed by atoms with Gasteiger partial charge in [0.15, 0.2) is 0 Å². The lowest BCUT2D eigenvalue weighted by Gasteiger charge is -2.18. The molecular weight excluding hydrogens is 338 g/mol. The molecule has 1 atom stereocenters. The smallest absolute Gasteiger partial charge is 0.267 e. The Balaban J connectivity index is 1.91. The van der Waals surface area contributed by atoms with Crippen molar-refractivity contribution in [2.24, 2.45) is 0 Å². The molecule has 0 unspecified atom stereocenters. The van der Waals surface area contributed by atoms with Crippen LogP contribution in [0.25, 0.3) is 11.3 Å². The molecule has 0 aliphatic heterocycles. The van der Waals surface area contributed by atoms with Gasteiger partial charge in [-0.2, -0.15) is 5.10 Å². The first-order valence-electron chi connectivity index (χ1n) is 8.91. The van der Waals surface area contributed by atoms with Gasteiger partial charge in [0.2, 0.25) is 5.91 Å². The standard InChI is InChI=1S/C22H23N3O2/c1-14-12-15(2)21(16(3)13-14)23-22(27)17(4)25-20(26)11-10-19(24-25)18-8-6-5-7-9-18/h5-13,17H,1-4H3,(H,23,27)/t17-/m1/s1. The summed E-state index contributed by atoms with van der Waals surface area (Å²) in [5, 5.41) is 7.36. The zero-order chi connectivity index (χ0) is 19.6. The van der Waals surface area contributed by atoms with Gasteiger partial charge in [0, 0.05) is 17.3 Å². The number of carbonyl (C=O) groups is 1. The van der Waals surface area contributed by atoms with Crippen LogP contribution in [0.2, 0.25) is 0 Å². The van der Waals surface area contributed by atoms with Crippen molar-refractivity contribution >= 4 is 11.6 Å². The molecule has 3 aromatic rings. The number of benzene rings is 2. The van der Waals surface area contributed by atoms with Gasteiger partial charge in [-0.05, 0) is 44.9 Å². The van der Waals surface area contributed by atoms with E-state index in [0.29, 0.717) is 5.69 Å². The Hall–Kier alpha value is -3.21. The van der Waals surface area contributed by atoms with E-state index < -0.39 is 6.04 Å². The number of carbonyl (C=O) groups excluding carboxylic acids is 1. The molecule has 1 amide bonds. The van der Waals surface area contributed by atoms with E-state index in [4.69, 9.17) is 0 Å². The molecule has 0 saturated heterocycles. The highest BCUT2D eigenvalue weighted by Gasteiger charge is 2.19. The number of aromatic nitrogens is 2. The molecule has 5 nitrogen and oxygen atoms in total. The fourth-order valence-corrected chi connectivity index (χ4v) is 3.18. The van der Waals surface area contributed by atoms with E-state index >= 15 is 0 Å². The minimum atomic E-state index is -0.735. The van der Waals surface area contributed by atoms with E-state index in [9.17, 15) is 9.59 Å². The Bertz CT molecular complexity index is 1020. The quantitative estimate of drug-likeness (QED) is 0.763. The van der Waals surface area contributed by atoms with E-state index in [2.05, 4.69) is 10.4 Å². The topological polar surface area (TPSA) is 64.0 Å². The maximum atomic E-state index is 12.8. The summed E-state index contributed by atoms with van der Waals surface area (Å²) in [4.78, 5) is 25.1. The predicted molar refractivity (Wildman–Crippen MR) is 108 cm³/mol. The molecule has 3 rings (SSSR count). The summed E-state index contributed by atoms with van der Waals surface area (Å²) < 4.78 is 1.23. The predicted octanol–water partition coefficient (Wildman–Crippen LogP) is 4.04. The average molecular weight is 361 g/mol. The molecule has 0 radical (unpaired) electrons. The number of anilines is 1. The monoisotopic (exact) mass is 361 g/mol. The van der Waals surface area contributed by atoms with Crippen LogP contribution in [0.3, 0.4) is 0 Å². The fourth-order valence-electron chi connectivity index (χ4n) is 3.18. The Labute approximate surface area is 158 Å². The maximum absolute atomic E-state index is 12.8. The third kappa shape index (κ3) is 3.97. The van der Waals surface area contributed by atoms with Gasteiger partial charge in [-0.15, -0.1) is 0 Å². The fraction of sp³-hybridized carbons (Fsp3) is 0.227. The van der Waals surface area contributed by atoms with E-state index in [1.165, 1.54) is 10.7 Å². The minimum absolute atomic E-state index is 0.273. The second kappa shape index (κ2) is 7.58. The number of nitrogens with zero attached hydrogens (tertiary/aromatic N) is 2. The van der Waals surface area contributed by atoms with Crippen LogP contribution in [-0.4, -0.2) is 15.7 Å². The normalized spacial score (nSPS) is 11.9. The van der Waals surface area contributed by atoms with Crippen LogP contribution in [0, 0.1) is 20.8 Å². The van der Waals surface area contributed by atoms with Gasteiger partial charge < -0.3 is 5.32 Å². The molecule has 0 spiro atoms. The first-order chi connectivity index (χ1) is 12.9. The Morgan fingerprint density at radius 2 is 1.63 bits per heavy atom. The van der Waals surface area contributed by atoms with Crippen LogP contribution >= 0.6 is 0 Å². The van der Waals surface area contributed by atoms with Gasteiger partial charge in [-0.1, -0.05) is 48.0 Å². The molecule has 0 saturated carbocycles. The van der Waals surface area contributed by atoms with Crippen molar-refractivity contribution in [1.29, 1.82) is 0 Å². The molecule has 0 bridgehead atoms. The second-order valence-corrected chi connectivity index (χ2v) is 6.81. The van der Waals surface area contributed by atoms with Crippen molar-refractivity contribution in [3.63, 3.8) is 0 Å². The van der Waals surface area contributed by atoms with Gasteiger partial charge in [0.05, 0.1) is 5.69 Å². The number of amides is 1. The second-order valence-electron chi connectivity index (χ2n) is 6.81. The highest BCUT2D eigenvalue weighted by Crippen LogP contribution is 2.23. The summed E-state index contributed by atoms with van der Waals surface area (Å²) in [6, 6.07) is 16.0. The maximum Gasteiger partial charge on any atom is 0.267 e. The molecule has 138 valence electrons. The molecule has 1 heterocycles. The summed E-state index contributed by atoms with van der Waals surface area (Å²) in [5.41, 5.74) is 5.14. The Morgan fingerprint density at radius 1 is 1.00 bits per heavy atom. The molecule has 27 heavy (non-hydrogen) atoms. The van der Waals surface area contributed by atoms with Crippen molar-refractivity contribution in [2.75, 3.05) is 5.32 Å². The number of hydrogen-bond acceptors (Lipinski definition) is 3. The lowest BCUT2D eigenvalue weighted by Crippen LogP contribution is -2.33. The van der Waals surface area contributed by atoms with Crippen LogP contribution in [0.5, 0.6) is 0 Å². The average Bonchev–Trinajstić information content (AvgIpc) is 2.65. The van der Waals surface area contributed by atoms with Gasteiger partial charge in [0.1, 0.15) is 6.04 Å². The first-order valence-corrected chi connectivity index (χ1v) is 8.91. The molecule has 0 aliphatic carbocycles. The molecule has 0 aliphatic rings. The van der Waals surface area contributed by atoms with Gasteiger partial charge in [-0.25, -0.2) is 4.68 Å². The summed E-state index contributed by atoms with van der Waals surface area (Å²) in [6.45, 7) is 7.62. The molecule has 5 heteroatoms. The third-order valence-corrected chi connectivity index (χ3v) is 4.57. The number of aryl methyl sites for hydroxylation is 3. The summed E-state index contributed by atoms with van der Waals surface area (Å²) in [7, 11) is 0. The summed E-state index contributed by atoms with van der Waals surface area (Å²) in [6.07, 6.45) is 0. The van der Waals surface area contributed by atoms with Crippen molar-refractivity contribution in [3.05, 3.63) is 81.6 Å². The number of nitrogens with one attached hydrogen (secondary N) is 1. The first kappa shape index (κ1) is 18.6. The zero-order valence-corrected chi connectivity index (χ0v) is 16.0. The zero-order valence-electron chi connectivity index (χ0n) is 16.0. The largest absolute Gasteiger partial charge is 0.324 e. The van der Waals surface area contributed by atoms with E-state index in [-0.39, 0.29) is 11.5 Å². The third-order valence-electron chi connectivity index (χ3n) is 4.57. The summed E-state index contributed by atoms with van der Waals surface area (Å²) in [5.74, 6) is -0.273. The van der Waals surface area contributed by atoms with Crippen LogP contribution in [0.4, 0.5) is 5.69 Å². The summed E-state index contributed by atoms with van der Waals surface area (Å²) >= 11 is 0. The SMILES string of the molecule is Cc1cc(C)c(NC(=O)[C@@H](C)n2nc(-c3ccccc3)ccc2=O)c(C)c1. The minimum Gasteiger partial charge on any atom is -0.324 e. The van der Waals surface area contributed by atoms with Gasteiger partial charge >= 0.3 is 0 Å². The van der Waals surface area contributed by atoms with E-state index in [1.54, 1.807) is 13.0 Å². The number of rotatable bonds is 4. The molecule has 0 fully saturated rings. The Morgan fingerprint density at radius 3 is 2.26 bits per heavy atom. The molecular formula is C22H23N3O2. The van der Waals surface area contributed by atoms with E-state index in [0.717, 1.165) is 27.9 Å². The van der Waals surface area contributed by atoms with Gasteiger partial charge in [0.25, 0.3) is 5.56 Å². The van der Waals surface area contributed by atoms with Crippen molar-refractivity contribution in [1.82, 2.24) is 9.78 Å². The van der Waals surface area contributed by atoms with E-state index in [1.807, 2.05) is 63.2 Å². The van der Waals surface area contributed by atoms with Crippen LogP contribution in [0.1, 0.15) is 29.7 Å². The molecule has 1 aromatic heterocycles. The lowest BCUT2D eigenvalue weighted by atomic mass is 10.0. The van der Waals surface area contributed by atoms with Crippen molar-refractivity contribution < 1.29 is 4.79 Å². The number of hydrogen-bond donors (Lipinski definition) is 1. The van der Waals surface area contributed by atoms with Crippen LogP contribution in [0.15, 0.2) is 59.4 Å². The molecule has 1 N–H and O–H groups in total. The van der Waals surface area contributed by atoms with Crippen LogP contribution in [-0.2, 0) is 4.79 Å². The highest BCUT2D eigenvalue weighted by atomic mass is 16.2. The Kier molecular flexibility index (Phi) is 5.21. The van der Waals surface area contributed by atoms with Crippen LogP contribution < -0.4 is 10.9 Å².